The second kappa shape index (κ2) is 7.56. The van der Waals surface area contributed by atoms with Crippen molar-refractivity contribution in [1.29, 1.82) is 0 Å². The predicted molar refractivity (Wildman–Crippen MR) is 82.5 cm³/mol. The van der Waals surface area contributed by atoms with Crippen LogP contribution in [0.4, 0.5) is 14.5 Å². The molecule has 1 heterocycles. The Balaban J connectivity index is 2.06. The summed E-state index contributed by atoms with van der Waals surface area (Å²) in [5.74, 6) is -3.82. The Morgan fingerprint density at radius 2 is 1.84 bits per heavy atom. The second-order valence-corrected chi connectivity index (χ2v) is 5.69. The van der Waals surface area contributed by atoms with E-state index in [0.29, 0.717) is 6.07 Å². The minimum absolute atomic E-state index is 0.0744. The zero-order valence-corrected chi connectivity index (χ0v) is 13.7. The quantitative estimate of drug-likeness (QED) is 0.589. The lowest BCUT2D eigenvalue weighted by molar-refractivity contribution is -0.182. The third kappa shape index (κ3) is 4.30. The number of carbonyl (C=O) groups excluding carboxylic acids is 3. The molecule has 2 amide bonds. The summed E-state index contributed by atoms with van der Waals surface area (Å²) in [6.45, 7) is 1.75. The lowest BCUT2D eigenvalue weighted by Crippen LogP contribution is -2.64. The minimum Gasteiger partial charge on any atom is -0.469 e. The molecule has 2 rings (SSSR count). The van der Waals surface area contributed by atoms with Gasteiger partial charge in [-0.15, -0.1) is 0 Å². The van der Waals surface area contributed by atoms with Gasteiger partial charge in [0.05, 0.1) is 20.1 Å². The zero-order valence-electron chi connectivity index (χ0n) is 13.7. The van der Waals surface area contributed by atoms with E-state index < -0.39 is 41.1 Å². The SMILES string of the molecule is COC(=O)C[C@H](C)NC(=O)C1(C(=O)Nc2cc(F)cc(F)c2)CCO1. The first-order valence-corrected chi connectivity index (χ1v) is 7.56. The summed E-state index contributed by atoms with van der Waals surface area (Å²) in [5, 5.41) is 4.78. The maximum absolute atomic E-state index is 13.2. The van der Waals surface area contributed by atoms with Crippen LogP contribution < -0.4 is 10.6 Å². The van der Waals surface area contributed by atoms with Gasteiger partial charge < -0.3 is 20.1 Å². The summed E-state index contributed by atoms with van der Waals surface area (Å²) in [7, 11) is 1.22. The molecule has 0 aliphatic carbocycles. The molecule has 0 radical (unpaired) electrons. The summed E-state index contributed by atoms with van der Waals surface area (Å²) in [5.41, 5.74) is -1.93. The van der Waals surface area contributed by atoms with Crippen molar-refractivity contribution in [2.24, 2.45) is 0 Å². The fraction of sp³-hybridized carbons (Fsp3) is 0.438. The van der Waals surface area contributed by atoms with Gasteiger partial charge in [-0.25, -0.2) is 8.78 Å². The van der Waals surface area contributed by atoms with E-state index in [1.165, 1.54) is 7.11 Å². The molecule has 0 bridgehead atoms. The van der Waals surface area contributed by atoms with E-state index in [-0.39, 0.29) is 25.1 Å². The first kappa shape index (κ1) is 18.8. The van der Waals surface area contributed by atoms with Crippen LogP contribution in [0.3, 0.4) is 0 Å². The molecular weight excluding hydrogens is 338 g/mol. The largest absolute Gasteiger partial charge is 0.469 e. The monoisotopic (exact) mass is 356 g/mol. The van der Waals surface area contributed by atoms with E-state index in [2.05, 4.69) is 15.4 Å². The zero-order chi connectivity index (χ0) is 18.6. The molecule has 1 aromatic carbocycles. The number of benzene rings is 1. The van der Waals surface area contributed by atoms with E-state index in [4.69, 9.17) is 4.74 Å². The standard InChI is InChI=1S/C16H18F2N2O5/c1-9(5-13(21)24-2)19-14(22)16(3-4-25-16)15(23)20-12-7-10(17)6-11(18)8-12/h6-9H,3-5H2,1-2H3,(H,19,22)(H,20,23)/t9-,16?/m0/s1. The summed E-state index contributed by atoms with van der Waals surface area (Å²) >= 11 is 0. The Morgan fingerprint density at radius 1 is 1.24 bits per heavy atom. The maximum atomic E-state index is 13.2. The first-order chi connectivity index (χ1) is 11.8. The van der Waals surface area contributed by atoms with Crippen LogP contribution in [0.25, 0.3) is 0 Å². The van der Waals surface area contributed by atoms with Crippen molar-refractivity contribution in [2.45, 2.75) is 31.4 Å². The van der Waals surface area contributed by atoms with Crippen molar-refractivity contribution in [3.63, 3.8) is 0 Å². The van der Waals surface area contributed by atoms with Crippen LogP contribution in [-0.2, 0) is 23.9 Å². The molecule has 0 aromatic heterocycles. The molecule has 0 spiro atoms. The minimum atomic E-state index is -1.80. The molecular formula is C16H18F2N2O5. The highest BCUT2D eigenvalue weighted by Crippen LogP contribution is 2.29. The summed E-state index contributed by atoms with van der Waals surface area (Å²) in [4.78, 5) is 36.0. The number of ether oxygens (including phenoxy) is 2. The number of hydrogen-bond acceptors (Lipinski definition) is 5. The van der Waals surface area contributed by atoms with Gasteiger partial charge >= 0.3 is 5.97 Å². The number of rotatable bonds is 6. The van der Waals surface area contributed by atoms with E-state index in [9.17, 15) is 23.2 Å². The Bertz CT molecular complexity index is 671. The van der Waals surface area contributed by atoms with Gasteiger partial charge in [0.1, 0.15) is 11.6 Å². The maximum Gasteiger partial charge on any atom is 0.307 e. The molecule has 1 unspecified atom stereocenters. The van der Waals surface area contributed by atoms with Gasteiger partial charge in [-0.1, -0.05) is 0 Å². The average molecular weight is 356 g/mol. The van der Waals surface area contributed by atoms with Gasteiger partial charge in [0, 0.05) is 24.2 Å². The third-order valence-corrected chi connectivity index (χ3v) is 3.73. The normalized spacial score (nSPS) is 20.2. The van der Waals surface area contributed by atoms with Crippen molar-refractivity contribution >= 4 is 23.5 Å². The Morgan fingerprint density at radius 3 is 2.32 bits per heavy atom. The van der Waals surface area contributed by atoms with Gasteiger partial charge in [0.2, 0.25) is 5.60 Å². The van der Waals surface area contributed by atoms with Crippen molar-refractivity contribution in [1.82, 2.24) is 5.32 Å². The van der Waals surface area contributed by atoms with Crippen LogP contribution in [0.5, 0.6) is 0 Å². The van der Waals surface area contributed by atoms with E-state index in [0.717, 1.165) is 12.1 Å². The third-order valence-electron chi connectivity index (χ3n) is 3.73. The number of esters is 1. The van der Waals surface area contributed by atoms with Crippen molar-refractivity contribution < 1.29 is 32.6 Å². The molecule has 1 aliphatic heterocycles. The molecule has 1 aromatic rings. The molecule has 0 saturated carbocycles. The lowest BCUT2D eigenvalue weighted by atomic mass is 9.91. The highest BCUT2D eigenvalue weighted by molar-refractivity contribution is 6.14. The van der Waals surface area contributed by atoms with Crippen LogP contribution in [-0.4, -0.2) is 43.1 Å². The average Bonchev–Trinajstić information content (AvgIpc) is 2.44. The highest BCUT2D eigenvalue weighted by Gasteiger charge is 2.53. The number of carbonyl (C=O) groups is 3. The number of halogens is 2. The second-order valence-electron chi connectivity index (χ2n) is 5.69. The van der Waals surface area contributed by atoms with Crippen molar-refractivity contribution in [3.8, 4) is 0 Å². The van der Waals surface area contributed by atoms with Gasteiger partial charge in [-0.05, 0) is 19.1 Å². The van der Waals surface area contributed by atoms with E-state index >= 15 is 0 Å². The number of methoxy groups -OCH3 is 1. The molecule has 7 nitrogen and oxygen atoms in total. The van der Waals surface area contributed by atoms with Crippen LogP contribution in [0.2, 0.25) is 0 Å². The van der Waals surface area contributed by atoms with Crippen molar-refractivity contribution in [2.75, 3.05) is 19.0 Å². The number of anilines is 1. The Labute approximate surface area is 142 Å². The molecule has 1 fully saturated rings. The molecule has 136 valence electrons. The molecule has 2 atom stereocenters. The number of nitrogens with one attached hydrogen (secondary N) is 2. The molecule has 1 aliphatic rings. The van der Waals surface area contributed by atoms with Gasteiger partial charge in [-0.3, -0.25) is 14.4 Å². The fourth-order valence-electron chi connectivity index (χ4n) is 2.35. The molecule has 2 N–H and O–H groups in total. The molecule has 1 saturated heterocycles. The van der Waals surface area contributed by atoms with Crippen molar-refractivity contribution in [3.05, 3.63) is 29.8 Å². The van der Waals surface area contributed by atoms with E-state index in [1.807, 2.05) is 0 Å². The first-order valence-electron chi connectivity index (χ1n) is 7.56. The summed E-state index contributed by atoms with van der Waals surface area (Å²) < 4.78 is 36.1. The van der Waals surface area contributed by atoms with E-state index in [1.54, 1.807) is 6.92 Å². The van der Waals surface area contributed by atoms with Gasteiger partial charge in [0.15, 0.2) is 0 Å². The summed E-state index contributed by atoms with van der Waals surface area (Å²) in [6.07, 6.45) is 0.0302. The number of hydrogen-bond donors (Lipinski definition) is 2. The fourth-order valence-corrected chi connectivity index (χ4v) is 2.35. The molecule has 25 heavy (non-hydrogen) atoms. The predicted octanol–water partition coefficient (Wildman–Crippen LogP) is 1.13. The summed E-state index contributed by atoms with van der Waals surface area (Å²) in [6, 6.07) is 1.92. The topological polar surface area (TPSA) is 93.7 Å². The van der Waals surface area contributed by atoms with Crippen LogP contribution >= 0.6 is 0 Å². The van der Waals surface area contributed by atoms with Crippen LogP contribution in [0.15, 0.2) is 18.2 Å². The lowest BCUT2D eigenvalue weighted by Gasteiger charge is -2.39. The Kier molecular flexibility index (Phi) is 5.68. The molecule has 9 heteroatoms. The smallest absolute Gasteiger partial charge is 0.307 e. The number of amides is 2. The van der Waals surface area contributed by atoms with Gasteiger partial charge in [0.25, 0.3) is 11.8 Å². The van der Waals surface area contributed by atoms with Gasteiger partial charge in [-0.2, -0.15) is 0 Å². The Hall–Kier alpha value is -2.55. The highest BCUT2D eigenvalue weighted by atomic mass is 19.1. The van der Waals surface area contributed by atoms with Crippen LogP contribution in [0, 0.1) is 11.6 Å². The van der Waals surface area contributed by atoms with Crippen LogP contribution in [0.1, 0.15) is 19.8 Å².